The maximum atomic E-state index is 13.1. The molecule has 6 heteroatoms. The smallest absolute Gasteiger partial charge is 0.255 e. The van der Waals surface area contributed by atoms with Gasteiger partial charge in [0.25, 0.3) is 5.91 Å². The molecule has 1 aliphatic rings. The van der Waals surface area contributed by atoms with Crippen LogP contribution in [0.1, 0.15) is 47.1 Å². The monoisotopic (exact) mass is 369 g/mol. The van der Waals surface area contributed by atoms with Crippen molar-refractivity contribution in [1.82, 2.24) is 9.47 Å². The summed E-state index contributed by atoms with van der Waals surface area (Å²) in [7, 11) is 0. The van der Waals surface area contributed by atoms with Gasteiger partial charge in [-0.3, -0.25) is 9.59 Å². The zero-order chi connectivity index (χ0) is 19.7. The van der Waals surface area contributed by atoms with Gasteiger partial charge in [0.1, 0.15) is 0 Å². The van der Waals surface area contributed by atoms with Crippen LogP contribution in [0.25, 0.3) is 5.69 Å². The second-order valence-electron chi connectivity index (χ2n) is 7.38. The molecule has 1 atom stereocenters. The number of primary amides is 1. The fourth-order valence-electron chi connectivity index (χ4n) is 3.58. The molecule has 2 heterocycles. The molecule has 1 aliphatic heterocycles. The van der Waals surface area contributed by atoms with E-state index in [1.54, 1.807) is 4.90 Å². The summed E-state index contributed by atoms with van der Waals surface area (Å²) < 4.78 is 7.45. The number of ether oxygens (including phenoxy) is 1. The van der Waals surface area contributed by atoms with E-state index in [1.165, 1.54) is 5.56 Å². The Morgan fingerprint density at radius 2 is 1.96 bits per heavy atom. The van der Waals surface area contributed by atoms with Crippen LogP contribution in [0.15, 0.2) is 30.3 Å². The summed E-state index contributed by atoms with van der Waals surface area (Å²) in [5.41, 5.74) is 10.2. The van der Waals surface area contributed by atoms with Gasteiger partial charge < -0.3 is 19.9 Å². The van der Waals surface area contributed by atoms with Crippen LogP contribution in [-0.2, 0) is 9.53 Å². The van der Waals surface area contributed by atoms with Crippen molar-refractivity contribution in [3.05, 3.63) is 52.8 Å². The zero-order valence-corrected chi connectivity index (χ0v) is 16.4. The van der Waals surface area contributed by atoms with E-state index in [-0.39, 0.29) is 12.5 Å². The first-order valence-electron chi connectivity index (χ1n) is 9.29. The number of aromatic nitrogens is 1. The number of nitrogens with two attached hydrogens (primary N) is 1. The molecule has 2 aromatic rings. The summed E-state index contributed by atoms with van der Waals surface area (Å²) in [5.74, 6) is -0.200. The number of rotatable bonds is 4. The van der Waals surface area contributed by atoms with E-state index in [2.05, 4.69) is 36.6 Å². The quantitative estimate of drug-likeness (QED) is 0.900. The average Bonchev–Trinajstić information content (AvgIpc) is 2.95. The van der Waals surface area contributed by atoms with Crippen molar-refractivity contribution in [3.8, 4) is 5.69 Å². The molecule has 1 aromatic carbocycles. The molecule has 0 saturated carbocycles. The van der Waals surface area contributed by atoms with Crippen LogP contribution in [0.2, 0.25) is 0 Å². The normalized spacial score (nSPS) is 17.4. The van der Waals surface area contributed by atoms with Gasteiger partial charge in [0.15, 0.2) is 6.10 Å². The average molecular weight is 369 g/mol. The van der Waals surface area contributed by atoms with Crippen molar-refractivity contribution in [1.29, 1.82) is 0 Å². The molecule has 1 saturated heterocycles. The Hall–Kier alpha value is -2.60. The molecule has 0 radical (unpaired) electrons. The molecular formula is C21H27N3O3. The number of aryl methyl sites for hydroxylation is 1. The van der Waals surface area contributed by atoms with Crippen LogP contribution in [0, 0.1) is 13.8 Å². The van der Waals surface area contributed by atoms with Crippen LogP contribution in [0.5, 0.6) is 0 Å². The van der Waals surface area contributed by atoms with Crippen molar-refractivity contribution in [2.45, 2.75) is 39.7 Å². The summed E-state index contributed by atoms with van der Waals surface area (Å²) in [6.45, 7) is 9.24. The Bertz CT molecular complexity index is 870. The van der Waals surface area contributed by atoms with E-state index < -0.39 is 12.0 Å². The summed E-state index contributed by atoms with van der Waals surface area (Å²) in [4.78, 5) is 26.1. The molecule has 144 valence electrons. The number of benzene rings is 1. The third kappa shape index (κ3) is 3.76. The third-order valence-corrected chi connectivity index (χ3v) is 5.13. The Kier molecular flexibility index (Phi) is 5.37. The Morgan fingerprint density at radius 3 is 2.63 bits per heavy atom. The van der Waals surface area contributed by atoms with Crippen LogP contribution >= 0.6 is 0 Å². The zero-order valence-electron chi connectivity index (χ0n) is 16.4. The number of hydrogen-bond acceptors (Lipinski definition) is 3. The van der Waals surface area contributed by atoms with Gasteiger partial charge in [-0.05, 0) is 43.5 Å². The van der Waals surface area contributed by atoms with Gasteiger partial charge in [0, 0.05) is 23.6 Å². The lowest BCUT2D eigenvalue weighted by molar-refractivity contribution is -0.133. The van der Waals surface area contributed by atoms with Gasteiger partial charge in [-0.15, -0.1) is 0 Å². The topological polar surface area (TPSA) is 77.6 Å². The van der Waals surface area contributed by atoms with Gasteiger partial charge >= 0.3 is 0 Å². The lowest BCUT2D eigenvalue weighted by Crippen LogP contribution is -2.50. The number of hydrogen-bond donors (Lipinski definition) is 1. The van der Waals surface area contributed by atoms with Crippen LogP contribution in [0.4, 0.5) is 0 Å². The molecule has 0 aliphatic carbocycles. The molecule has 0 unspecified atom stereocenters. The molecule has 2 amide bonds. The first-order valence-corrected chi connectivity index (χ1v) is 9.29. The first kappa shape index (κ1) is 19.2. The molecule has 0 bridgehead atoms. The van der Waals surface area contributed by atoms with E-state index in [1.807, 2.05) is 26.0 Å². The van der Waals surface area contributed by atoms with Crippen molar-refractivity contribution in [2.75, 3.05) is 19.7 Å². The SMILES string of the molecule is Cc1cc(C(=O)N2CCO[C@H](C(N)=O)C2)c(C)n1-c1cccc(C(C)C)c1. The highest BCUT2D eigenvalue weighted by atomic mass is 16.5. The molecule has 3 rings (SSSR count). The summed E-state index contributed by atoms with van der Waals surface area (Å²) >= 11 is 0. The molecule has 6 nitrogen and oxygen atoms in total. The van der Waals surface area contributed by atoms with Crippen LogP contribution in [-0.4, -0.2) is 47.1 Å². The highest BCUT2D eigenvalue weighted by Gasteiger charge is 2.30. The number of carbonyl (C=O) groups is 2. The first-order chi connectivity index (χ1) is 12.8. The summed E-state index contributed by atoms with van der Waals surface area (Å²) in [5, 5.41) is 0. The largest absolute Gasteiger partial charge is 0.367 e. The predicted molar refractivity (Wildman–Crippen MR) is 104 cm³/mol. The van der Waals surface area contributed by atoms with Gasteiger partial charge in [-0.2, -0.15) is 0 Å². The van der Waals surface area contributed by atoms with E-state index in [0.29, 0.717) is 24.6 Å². The highest BCUT2D eigenvalue weighted by Crippen LogP contribution is 2.25. The van der Waals surface area contributed by atoms with E-state index >= 15 is 0 Å². The van der Waals surface area contributed by atoms with E-state index in [0.717, 1.165) is 17.1 Å². The van der Waals surface area contributed by atoms with E-state index in [4.69, 9.17) is 10.5 Å². The van der Waals surface area contributed by atoms with Crippen LogP contribution in [0.3, 0.4) is 0 Å². The minimum absolute atomic E-state index is 0.0936. The summed E-state index contributed by atoms with van der Waals surface area (Å²) in [6.07, 6.45) is -0.742. The standard InChI is InChI=1S/C21H27N3O3/c1-13(2)16-6-5-7-17(11-16)24-14(3)10-18(15(24)4)21(26)23-8-9-27-19(12-23)20(22)25/h5-7,10-11,13,19H,8-9,12H2,1-4H3,(H2,22,25)/t19-/m0/s1. The molecule has 0 spiro atoms. The molecule has 1 aromatic heterocycles. The second-order valence-corrected chi connectivity index (χ2v) is 7.38. The molecular weight excluding hydrogens is 342 g/mol. The molecule has 1 fully saturated rings. The Balaban J connectivity index is 1.93. The maximum Gasteiger partial charge on any atom is 0.255 e. The fraction of sp³-hybridized carbons (Fsp3) is 0.429. The Morgan fingerprint density at radius 1 is 1.22 bits per heavy atom. The summed E-state index contributed by atoms with van der Waals surface area (Å²) in [6, 6.07) is 10.3. The maximum absolute atomic E-state index is 13.1. The van der Waals surface area contributed by atoms with Gasteiger partial charge in [-0.1, -0.05) is 26.0 Å². The second kappa shape index (κ2) is 7.56. The van der Waals surface area contributed by atoms with Crippen molar-refractivity contribution in [2.24, 2.45) is 5.73 Å². The van der Waals surface area contributed by atoms with Crippen LogP contribution < -0.4 is 5.73 Å². The van der Waals surface area contributed by atoms with Crippen molar-refractivity contribution < 1.29 is 14.3 Å². The number of morpholine rings is 1. The van der Waals surface area contributed by atoms with Gasteiger partial charge in [0.2, 0.25) is 5.91 Å². The number of nitrogens with zero attached hydrogens (tertiary/aromatic N) is 2. The number of carbonyl (C=O) groups excluding carboxylic acids is 2. The number of amides is 2. The third-order valence-electron chi connectivity index (χ3n) is 5.13. The van der Waals surface area contributed by atoms with Gasteiger partial charge in [0.05, 0.1) is 18.7 Å². The Labute approximate surface area is 159 Å². The van der Waals surface area contributed by atoms with E-state index in [9.17, 15) is 9.59 Å². The molecule has 2 N–H and O–H groups in total. The lowest BCUT2D eigenvalue weighted by atomic mass is 10.0. The minimum Gasteiger partial charge on any atom is -0.367 e. The van der Waals surface area contributed by atoms with Crippen molar-refractivity contribution >= 4 is 11.8 Å². The highest BCUT2D eigenvalue weighted by molar-refractivity contribution is 5.96. The predicted octanol–water partition coefficient (Wildman–Crippen LogP) is 2.54. The lowest BCUT2D eigenvalue weighted by Gasteiger charge is -2.31. The molecule has 27 heavy (non-hydrogen) atoms. The minimum atomic E-state index is -0.742. The van der Waals surface area contributed by atoms with Gasteiger partial charge in [-0.25, -0.2) is 0 Å². The van der Waals surface area contributed by atoms with Crippen molar-refractivity contribution in [3.63, 3.8) is 0 Å². The fourth-order valence-corrected chi connectivity index (χ4v) is 3.58.